The van der Waals surface area contributed by atoms with E-state index >= 15 is 0 Å². The lowest BCUT2D eigenvalue weighted by molar-refractivity contribution is 0.172. The molecular formula is C24H32F2. The molecule has 0 saturated heterocycles. The Hall–Kier alpha value is -1.36. The summed E-state index contributed by atoms with van der Waals surface area (Å²) in [5, 5.41) is 0. The molecule has 0 aliphatic heterocycles. The zero-order valence-electron chi connectivity index (χ0n) is 16.3. The monoisotopic (exact) mass is 358 g/mol. The van der Waals surface area contributed by atoms with Gasteiger partial charge in [-0.1, -0.05) is 25.5 Å². The third-order valence-corrected chi connectivity index (χ3v) is 6.71. The summed E-state index contributed by atoms with van der Waals surface area (Å²) in [7, 11) is 0. The first-order chi connectivity index (χ1) is 12.6. The van der Waals surface area contributed by atoms with Crippen molar-refractivity contribution < 1.29 is 8.78 Å². The molecule has 0 bridgehead atoms. The highest BCUT2D eigenvalue weighted by molar-refractivity contribution is 5.29. The Morgan fingerprint density at radius 3 is 2.08 bits per heavy atom. The van der Waals surface area contributed by atoms with Gasteiger partial charge in [0, 0.05) is 5.92 Å². The van der Waals surface area contributed by atoms with Crippen LogP contribution < -0.4 is 0 Å². The third kappa shape index (κ3) is 4.30. The standard InChI is InChI=1S/C24H32F2/c1-3-5-17-7-9-18(10-8-17)19-11-13-20(14-12-19)22-16-15-21(6-4-2)23(25)24(22)26/h15-20H,4,6-14H2,1-2H3. The fourth-order valence-electron chi connectivity index (χ4n) is 5.22. The highest BCUT2D eigenvalue weighted by Gasteiger charge is 2.32. The van der Waals surface area contributed by atoms with Gasteiger partial charge < -0.3 is 0 Å². The normalized spacial score (nSPS) is 29.1. The Labute approximate surface area is 157 Å². The molecule has 0 spiro atoms. The van der Waals surface area contributed by atoms with E-state index < -0.39 is 11.6 Å². The molecule has 2 aliphatic rings. The largest absolute Gasteiger partial charge is 0.203 e. The van der Waals surface area contributed by atoms with Gasteiger partial charge in [-0.3, -0.25) is 0 Å². The lowest BCUT2D eigenvalue weighted by Crippen LogP contribution is -2.25. The Kier molecular flexibility index (Phi) is 6.74. The van der Waals surface area contributed by atoms with Crippen molar-refractivity contribution in [3.05, 3.63) is 34.9 Å². The lowest BCUT2D eigenvalue weighted by atomic mass is 9.68. The van der Waals surface area contributed by atoms with Crippen LogP contribution in [0.2, 0.25) is 0 Å². The second-order valence-electron chi connectivity index (χ2n) is 8.31. The van der Waals surface area contributed by atoms with Gasteiger partial charge in [0.2, 0.25) is 0 Å². The summed E-state index contributed by atoms with van der Waals surface area (Å²) in [5.41, 5.74) is 1.14. The topological polar surface area (TPSA) is 0 Å². The molecule has 0 unspecified atom stereocenters. The van der Waals surface area contributed by atoms with Gasteiger partial charge in [-0.15, -0.1) is 11.8 Å². The second kappa shape index (κ2) is 9.03. The molecule has 2 heteroatoms. The smallest absolute Gasteiger partial charge is 0.162 e. The van der Waals surface area contributed by atoms with Gasteiger partial charge in [0.1, 0.15) is 0 Å². The third-order valence-electron chi connectivity index (χ3n) is 6.71. The van der Waals surface area contributed by atoms with Crippen LogP contribution in [0.5, 0.6) is 0 Å². The Balaban J connectivity index is 1.57. The average Bonchev–Trinajstić information content (AvgIpc) is 2.67. The minimum absolute atomic E-state index is 0.193. The first kappa shape index (κ1) is 19.4. The van der Waals surface area contributed by atoms with E-state index in [1.807, 2.05) is 19.9 Å². The SMILES string of the molecule is CC#CC1CCC(C2CCC(c3ccc(CCC)c(F)c3F)CC2)CC1. The lowest BCUT2D eigenvalue weighted by Gasteiger charge is -2.37. The fraction of sp³-hybridized carbons (Fsp3) is 0.667. The molecule has 0 amide bonds. The maximum absolute atomic E-state index is 14.5. The van der Waals surface area contributed by atoms with Crippen LogP contribution >= 0.6 is 0 Å². The molecule has 0 aromatic heterocycles. The van der Waals surface area contributed by atoms with Crippen LogP contribution in [0, 0.1) is 41.2 Å². The number of rotatable bonds is 4. The molecule has 0 atom stereocenters. The molecular weight excluding hydrogens is 326 g/mol. The summed E-state index contributed by atoms with van der Waals surface area (Å²) in [6.45, 7) is 3.93. The van der Waals surface area contributed by atoms with Gasteiger partial charge in [0.05, 0.1) is 0 Å². The molecule has 3 rings (SSSR count). The summed E-state index contributed by atoms with van der Waals surface area (Å²) in [4.78, 5) is 0. The number of hydrogen-bond donors (Lipinski definition) is 0. The van der Waals surface area contributed by atoms with Crippen LogP contribution in [0.25, 0.3) is 0 Å². The number of halogens is 2. The summed E-state index contributed by atoms with van der Waals surface area (Å²) >= 11 is 0. The molecule has 0 heterocycles. The van der Waals surface area contributed by atoms with Gasteiger partial charge >= 0.3 is 0 Å². The van der Waals surface area contributed by atoms with Crippen molar-refractivity contribution in [2.24, 2.45) is 17.8 Å². The summed E-state index contributed by atoms with van der Waals surface area (Å²) < 4.78 is 28.8. The second-order valence-corrected chi connectivity index (χ2v) is 8.31. The van der Waals surface area contributed by atoms with E-state index in [2.05, 4.69) is 11.8 Å². The van der Waals surface area contributed by atoms with Crippen molar-refractivity contribution in [2.45, 2.75) is 84.0 Å². The summed E-state index contributed by atoms with van der Waals surface area (Å²) in [6, 6.07) is 3.66. The zero-order valence-corrected chi connectivity index (χ0v) is 16.3. The molecule has 0 N–H and O–H groups in total. The van der Waals surface area contributed by atoms with Crippen LogP contribution in [0.1, 0.15) is 88.7 Å². The van der Waals surface area contributed by atoms with Crippen LogP contribution in [0.15, 0.2) is 12.1 Å². The Morgan fingerprint density at radius 2 is 1.50 bits per heavy atom. The molecule has 0 radical (unpaired) electrons. The molecule has 2 aliphatic carbocycles. The average molecular weight is 359 g/mol. The molecule has 26 heavy (non-hydrogen) atoms. The highest BCUT2D eigenvalue weighted by atomic mass is 19.2. The van der Waals surface area contributed by atoms with Gasteiger partial charge in [0.25, 0.3) is 0 Å². The van der Waals surface area contributed by atoms with Crippen molar-refractivity contribution in [2.75, 3.05) is 0 Å². The van der Waals surface area contributed by atoms with E-state index in [1.165, 1.54) is 25.7 Å². The summed E-state index contributed by atoms with van der Waals surface area (Å²) in [5.74, 6) is 7.59. The molecule has 2 saturated carbocycles. The van der Waals surface area contributed by atoms with E-state index in [9.17, 15) is 8.78 Å². The van der Waals surface area contributed by atoms with Crippen LogP contribution in [-0.4, -0.2) is 0 Å². The van der Waals surface area contributed by atoms with E-state index in [-0.39, 0.29) is 5.92 Å². The minimum Gasteiger partial charge on any atom is -0.203 e. The molecule has 1 aromatic rings. The van der Waals surface area contributed by atoms with Crippen molar-refractivity contribution in [3.8, 4) is 11.8 Å². The van der Waals surface area contributed by atoms with E-state index in [1.54, 1.807) is 6.07 Å². The quantitative estimate of drug-likeness (QED) is 0.507. The van der Waals surface area contributed by atoms with Crippen LogP contribution in [0.4, 0.5) is 8.78 Å². The van der Waals surface area contributed by atoms with Gasteiger partial charge in [0.15, 0.2) is 11.6 Å². The van der Waals surface area contributed by atoms with Crippen molar-refractivity contribution in [3.63, 3.8) is 0 Å². The van der Waals surface area contributed by atoms with E-state index in [0.29, 0.717) is 23.5 Å². The molecule has 1 aromatic carbocycles. The number of hydrogen-bond acceptors (Lipinski definition) is 0. The fourth-order valence-corrected chi connectivity index (χ4v) is 5.22. The number of benzene rings is 1. The maximum Gasteiger partial charge on any atom is 0.162 e. The van der Waals surface area contributed by atoms with Gasteiger partial charge in [-0.25, -0.2) is 8.78 Å². The van der Waals surface area contributed by atoms with Crippen molar-refractivity contribution >= 4 is 0 Å². The minimum atomic E-state index is -0.609. The van der Waals surface area contributed by atoms with Crippen LogP contribution in [-0.2, 0) is 6.42 Å². The molecule has 142 valence electrons. The molecule has 2 fully saturated rings. The maximum atomic E-state index is 14.5. The van der Waals surface area contributed by atoms with E-state index in [4.69, 9.17) is 0 Å². The highest BCUT2D eigenvalue weighted by Crippen LogP contribution is 2.44. The predicted molar refractivity (Wildman–Crippen MR) is 104 cm³/mol. The van der Waals surface area contributed by atoms with Gasteiger partial charge in [-0.2, -0.15) is 0 Å². The number of aryl methyl sites for hydroxylation is 1. The summed E-state index contributed by atoms with van der Waals surface area (Å²) in [6.07, 6.45) is 10.9. The van der Waals surface area contributed by atoms with Gasteiger partial charge in [-0.05, 0) is 93.6 Å². The van der Waals surface area contributed by atoms with Crippen molar-refractivity contribution in [1.82, 2.24) is 0 Å². The van der Waals surface area contributed by atoms with Crippen LogP contribution in [0.3, 0.4) is 0 Å². The first-order valence-corrected chi connectivity index (χ1v) is 10.5. The Bertz CT molecular complexity index is 651. The van der Waals surface area contributed by atoms with E-state index in [0.717, 1.165) is 43.9 Å². The first-order valence-electron chi connectivity index (χ1n) is 10.5. The zero-order chi connectivity index (χ0) is 18.5. The molecule has 0 nitrogen and oxygen atoms in total. The predicted octanol–water partition coefficient (Wildman–Crippen LogP) is 7.02. The Morgan fingerprint density at radius 1 is 0.885 bits per heavy atom. The van der Waals surface area contributed by atoms with Crippen molar-refractivity contribution in [1.29, 1.82) is 0 Å².